The van der Waals surface area contributed by atoms with Crippen molar-refractivity contribution in [3.63, 3.8) is 0 Å². The van der Waals surface area contributed by atoms with Crippen LogP contribution in [-0.4, -0.2) is 33.2 Å². The predicted molar refractivity (Wildman–Crippen MR) is 105 cm³/mol. The van der Waals surface area contributed by atoms with Crippen molar-refractivity contribution in [1.29, 1.82) is 0 Å². The van der Waals surface area contributed by atoms with Gasteiger partial charge in [0.1, 0.15) is 0 Å². The Balaban J connectivity index is 4.23. The molecule has 0 rings (SSSR count). The van der Waals surface area contributed by atoms with Crippen LogP contribution in [0.4, 0.5) is 0 Å². The van der Waals surface area contributed by atoms with E-state index in [1.807, 2.05) is 0 Å². The summed E-state index contributed by atoms with van der Waals surface area (Å²) in [5.74, 6) is -0.797. The fraction of sp³-hybridized carbons (Fsp3) is 0.947. The molecule has 0 aromatic carbocycles. The fourth-order valence-corrected chi connectivity index (χ4v) is 4.17. The zero-order valence-corrected chi connectivity index (χ0v) is 17.2. The SMILES string of the molecule is CCCCCCCCC(SC)C([O-])(CCCCCCCC(=O)O)[N+](=O)[O-]. The molecule has 0 saturated heterocycles. The van der Waals surface area contributed by atoms with Crippen molar-refractivity contribution in [3.8, 4) is 0 Å². The number of hydrogen-bond donors (Lipinski definition) is 1. The Morgan fingerprint density at radius 2 is 1.58 bits per heavy atom. The summed E-state index contributed by atoms with van der Waals surface area (Å²) in [4.78, 5) is 21.3. The Bertz CT molecular complexity index is 394. The number of thioether (sulfide) groups is 1. The molecule has 1 N–H and O–H groups in total. The third-order valence-corrected chi connectivity index (χ3v) is 6.02. The van der Waals surface area contributed by atoms with E-state index in [9.17, 15) is 20.0 Å². The van der Waals surface area contributed by atoms with Gasteiger partial charge in [-0.05, 0) is 25.5 Å². The quantitative estimate of drug-likeness (QED) is 0.158. The van der Waals surface area contributed by atoms with Crippen molar-refractivity contribution in [2.45, 2.75) is 108 Å². The van der Waals surface area contributed by atoms with Gasteiger partial charge in [-0.1, -0.05) is 64.7 Å². The van der Waals surface area contributed by atoms with Gasteiger partial charge in [-0.25, -0.2) is 0 Å². The van der Waals surface area contributed by atoms with Gasteiger partial charge < -0.3 is 10.2 Å². The van der Waals surface area contributed by atoms with Crippen molar-refractivity contribution in [2.75, 3.05) is 6.26 Å². The van der Waals surface area contributed by atoms with Gasteiger partial charge in [0.15, 0.2) is 5.72 Å². The lowest BCUT2D eigenvalue weighted by atomic mass is 9.96. The van der Waals surface area contributed by atoms with E-state index in [0.29, 0.717) is 19.3 Å². The minimum absolute atomic E-state index is 0.0558. The van der Waals surface area contributed by atoms with Crippen molar-refractivity contribution < 1.29 is 19.9 Å². The van der Waals surface area contributed by atoms with Crippen LogP contribution in [-0.2, 0) is 4.79 Å². The standard InChI is InChI=1S/C19H36NO5S/c1-3-4-5-6-8-11-14-17(26-2)19(23,20(24)25)16-13-10-7-9-12-15-18(21)22/h17H,3-16H2,1-2H3,(H,21,22)/q-1. The Labute approximate surface area is 162 Å². The lowest BCUT2D eigenvalue weighted by Gasteiger charge is -2.37. The highest BCUT2D eigenvalue weighted by Gasteiger charge is 2.38. The Hall–Kier alpha value is -0.820. The maximum Gasteiger partial charge on any atom is 0.303 e. The molecule has 0 aliphatic carbocycles. The van der Waals surface area contributed by atoms with Crippen LogP contribution >= 0.6 is 11.8 Å². The van der Waals surface area contributed by atoms with Crippen LogP contribution in [0.25, 0.3) is 0 Å². The van der Waals surface area contributed by atoms with E-state index in [1.165, 1.54) is 31.0 Å². The monoisotopic (exact) mass is 390 g/mol. The highest BCUT2D eigenvalue weighted by atomic mass is 32.2. The van der Waals surface area contributed by atoms with Crippen molar-refractivity contribution in [1.82, 2.24) is 0 Å². The number of carbonyl (C=O) groups is 1. The van der Waals surface area contributed by atoms with E-state index < -0.39 is 21.9 Å². The summed E-state index contributed by atoms with van der Waals surface area (Å²) in [6, 6.07) is 0. The number of carboxylic acids is 1. The number of carboxylic acid groups (broad SMARTS) is 1. The minimum atomic E-state index is -2.11. The van der Waals surface area contributed by atoms with E-state index in [-0.39, 0.29) is 12.8 Å². The van der Waals surface area contributed by atoms with Gasteiger partial charge in [0.05, 0.1) is 5.25 Å². The average Bonchev–Trinajstić information content (AvgIpc) is 2.59. The summed E-state index contributed by atoms with van der Waals surface area (Å²) in [7, 11) is 0. The summed E-state index contributed by atoms with van der Waals surface area (Å²) in [5.41, 5.74) is -2.11. The van der Waals surface area contributed by atoms with Crippen LogP contribution in [0, 0.1) is 10.1 Å². The van der Waals surface area contributed by atoms with Gasteiger partial charge in [-0.3, -0.25) is 14.9 Å². The van der Waals surface area contributed by atoms with Crippen molar-refractivity contribution >= 4 is 17.7 Å². The van der Waals surface area contributed by atoms with Gasteiger partial charge >= 0.3 is 5.97 Å². The molecular formula is C19H36NO5S-. The maximum absolute atomic E-state index is 12.9. The lowest BCUT2D eigenvalue weighted by Crippen LogP contribution is -2.58. The molecular weight excluding hydrogens is 354 g/mol. The normalized spacial score (nSPS) is 14.7. The van der Waals surface area contributed by atoms with Gasteiger partial charge in [-0.15, -0.1) is 0 Å². The number of nitro groups is 1. The molecule has 0 saturated carbocycles. The third kappa shape index (κ3) is 11.0. The maximum atomic E-state index is 12.9. The highest BCUT2D eigenvalue weighted by Crippen LogP contribution is 2.30. The largest absolute Gasteiger partial charge is 0.790 e. The Morgan fingerprint density at radius 1 is 1.04 bits per heavy atom. The van der Waals surface area contributed by atoms with E-state index in [4.69, 9.17) is 5.11 Å². The van der Waals surface area contributed by atoms with Crippen molar-refractivity contribution in [2.24, 2.45) is 0 Å². The molecule has 0 fully saturated rings. The first-order chi connectivity index (χ1) is 12.4. The number of aliphatic carboxylic acids is 1. The lowest BCUT2D eigenvalue weighted by molar-refractivity contribution is -0.762. The van der Waals surface area contributed by atoms with Gasteiger partial charge in [-0.2, -0.15) is 11.8 Å². The molecule has 0 amide bonds. The van der Waals surface area contributed by atoms with E-state index >= 15 is 0 Å². The number of nitrogens with zero attached hydrogens (tertiary/aromatic N) is 1. The second kappa shape index (κ2) is 15.3. The second-order valence-corrected chi connectivity index (χ2v) is 8.08. The number of hydrogen-bond acceptors (Lipinski definition) is 5. The average molecular weight is 391 g/mol. The zero-order chi connectivity index (χ0) is 19.8. The molecule has 0 aliphatic rings. The summed E-state index contributed by atoms with van der Waals surface area (Å²) in [6.45, 7) is 2.17. The summed E-state index contributed by atoms with van der Waals surface area (Å²) in [5, 5.41) is 32.4. The van der Waals surface area contributed by atoms with E-state index in [2.05, 4.69) is 6.92 Å². The van der Waals surface area contributed by atoms with Gasteiger partial charge in [0.25, 0.3) is 0 Å². The molecule has 6 nitrogen and oxygen atoms in total. The van der Waals surface area contributed by atoms with Crippen LogP contribution < -0.4 is 5.11 Å². The topological polar surface area (TPSA) is 104 Å². The predicted octanol–water partition coefficient (Wildman–Crippen LogP) is 4.62. The fourth-order valence-electron chi connectivity index (χ4n) is 3.19. The van der Waals surface area contributed by atoms with Crippen LogP contribution in [0.5, 0.6) is 0 Å². The molecule has 0 aromatic rings. The number of rotatable bonds is 18. The summed E-state index contributed by atoms with van der Waals surface area (Å²) < 4.78 is 0. The van der Waals surface area contributed by atoms with Gasteiger partial charge in [0, 0.05) is 17.8 Å². The minimum Gasteiger partial charge on any atom is -0.790 e. The Kier molecular flexibility index (Phi) is 14.8. The molecule has 2 unspecified atom stereocenters. The first-order valence-corrected chi connectivity index (χ1v) is 11.3. The summed E-state index contributed by atoms with van der Waals surface area (Å²) in [6.07, 6.45) is 12.8. The zero-order valence-electron chi connectivity index (χ0n) is 16.4. The van der Waals surface area contributed by atoms with Gasteiger partial charge in [0.2, 0.25) is 0 Å². The highest BCUT2D eigenvalue weighted by molar-refractivity contribution is 7.99. The third-order valence-electron chi connectivity index (χ3n) is 4.84. The summed E-state index contributed by atoms with van der Waals surface area (Å²) >= 11 is 1.33. The molecule has 0 heterocycles. The molecule has 2 atom stereocenters. The van der Waals surface area contributed by atoms with E-state index in [0.717, 1.165) is 38.5 Å². The molecule has 0 aromatic heterocycles. The van der Waals surface area contributed by atoms with Crippen molar-refractivity contribution in [3.05, 3.63) is 10.1 Å². The second-order valence-electron chi connectivity index (χ2n) is 7.04. The molecule has 0 bridgehead atoms. The van der Waals surface area contributed by atoms with Crippen LogP contribution in [0.1, 0.15) is 96.8 Å². The molecule has 0 radical (unpaired) electrons. The Morgan fingerprint density at radius 3 is 2.12 bits per heavy atom. The van der Waals surface area contributed by atoms with Crippen LogP contribution in [0.2, 0.25) is 0 Å². The molecule has 154 valence electrons. The number of unbranched alkanes of at least 4 members (excludes halogenated alkanes) is 9. The van der Waals surface area contributed by atoms with Crippen LogP contribution in [0.3, 0.4) is 0 Å². The first kappa shape index (κ1) is 25.2. The smallest absolute Gasteiger partial charge is 0.303 e. The molecule has 0 spiro atoms. The molecule has 26 heavy (non-hydrogen) atoms. The van der Waals surface area contributed by atoms with E-state index in [1.54, 1.807) is 6.26 Å². The molecule has 0 aliphatic heterocycles. The molecule has 7 heteroatoms. The first-order valence-electron chi connectivity index (χ1n) is 9.98. The van der Waals surface area contributed by atoms with Crippen LogP contribution in [0.15, 0.2) is 0 Å².